The third-order valence-electron chi connectivity index (χ3n) is 2.98. The maximum absolute atomic E-state index is 11.8. The summed E-state index contributed by atoms with van der Waals surface area (Å²) in [4.78, 5) is 11.8. The Hall–Kier alpha value is -1.61. The van der Waals surface area contributed by atoms with Gasteiger partial charge in [-0.3, -0.25) is 4.79 Å². The van der Waals surface area contributed by atoms with E-state index in [0.717, 1.165) is 24.0 Å². The van der Waals surface area contributed by atoms with Crippen LogP contribution in [0.4, 0.5) is 0 Å². The van der Waals surface area contributed by atoms with Crippen LogP contribution < -0.4 is 5.32 Å². The summed E-state index contributed by atoms with van der Waals surface area (Å²) in [7, 11) is 0. The molecule has 0 saturated carbocycles. The van der Waals surface area contributed by atoms with Gasteiger partial charge in [0.1, 0.15) is 0 Å². The maximum atomic E-state index is 11.8. The number of hydrogen-bond acceptors (Lipinski definition) is 2. The van der Waals surface area contributed by atoms with Crippen LogP contribution in [0, 0.1) is 6.92 Å². The molecule has 17 heavy (non-hydrogen) atoms. The maximum Gasteiger partial charge on any atom is 0.247 e. The first-order chi connectivity index (χ1) is 8.20. The highest BCUT2D eigenvalue weighted by molar-refractivity contribution is 5.98. The van der Waals surface area contributed by atoms with Crippen LogP contribution in [-0.2, 0) is 11.2 Å². The highest BCUT2D eigenvalue weighted by Gasteiger charge is 2.15. The van der Waals surface area contributed by atoms with Crippen LogP contribution in [0.5, 0.6) is 0 Å². The Balaban J connectivity index is 2.19. The summed E-state index contributed by atoms with van der Waals surface area (Å²) in [6.07, 6.45) is 3.64. The second kappa shape index (κ2) is 5.15. The van der Waals surface area contributed by atoms with Gasteiger partial charge in [-0.25, -0.2) is 0 Å². The predicted molar refractivity (Wildman–Crippen MR) is 67.6 cm³/mol. The largest absolute Gasteiger partial charge is 0.395 e. The minimum absolute atomic E-state index is 0.0191. The molecule has 1 aromatic carbocycles. The number of carbonyl (C=O) groups is 1. The van der Waals surface area contributed by atoms with E-state index in [-0.39, 0.29) is 12.5 Å². The molecular formula is C14H17NO2. The van der Waals surface area contributed by atoms with Crippen molar-refractivity contribution < 1.29 is 9.90 Å². The van der Waals surface area contributed by atoms with Crippen molar-refractivity contribution in [3.8, 4) is 0 Å². The van der Waals surface area contributed by atoms with Crippen molar-refractivity contribution in [3.63, 3.8) is 0 Å². The van der Waals surface area contributed by atoms with Gasteiger partial charge in [0.05, 0.1) is 6.61 Å². The molecule has 0 aromatic heterocycles. The first-order valence-corrected chi connectivity index (χ1v) is 5.90. The lowest BCUT2D eigenvalue weighted by Crippen LogP contribution is -2.28. The lowest BCUT2D eigenvalue weighted by Gasteiger charge is -2.16. The Morgan fingerprint density at radius 1 is 1.41 bits per heavy atom. The molecule has 3 heteroatoms. The number of amides is 1. The van der Waals surface area contributed by atoms with Crippen LogP contribution in [0.2, 0.25) is 0 Å². The zero-order valence-corrected chi connectivity index (χ0v) is 9.99. The first kappa shape index (κ1) is 11.9. The van der Waals surface area contributed by atoms with E-state index in [9.17, 15) is 4.79 Å². The van der Waals surface area contributed by atoms with Crippen molar-refractivity contribution in [2.45, 2.75) is 19.8 Å². The Labute approximate surface area is 101 Å². The number of fused-ring (bicyclic) bond motifs is 1. The number of nitrogens with one attached hydrogen (secondary N) is 1. The highest BCUT2D eigenvalue weighted by Crippen LogP contribution is 2.24. The monoisotopic (exact) mass is 231 g/mol. The standard InChI is InChI=1S/C14H17NO2/c1-10-2-3-11-4-5-12(9-13(11)8-10)14(17)15-6-7-16/h2-3,8-9,16H,4-7H2,1H3,(H,15,17). The van der Waals surface area contributed by atoms with Gasteiger partial charge in [0, 0.05) is 12.1 Å². The van der Waals surface area contributed by atoms with Crippen LogP contribution in [-0.4, -0.2) is 24.2 Å². The van der Waals surface area contributed by atoms with E-state index in [1.165, 1.54) is 11.1 Å². The molecule has 0 radical (unpaired) electrons. The van der Waals surface area contributed by atoms with Crippen LogP contribution in [0.1, 0.15) is 23.1 Å². The summed E-state index contributed by atoms with van der Waals surface area (Å²) in [5, 5.41) is 11.4. The van der Waals surface area contributed by atoms with Gasteiger partial charge >= 0.3 is 0 Å². The molecule has 1 aromatic rings. The fourth-order valence-electron chi connectivity index (χ4n) is 2.07. The molecule has 90 valence electrons. The molecule has 0 heterocycles. The summed E-state index contributed by atoms with van der Waals surface area (Å²) < 4.78 is 0. The molecule has 1 aliphatic rings. The molecule has 0 aliphatic heterocycles. The molecule has 0 atom stereocenters. The average molecular weight is 231 g/mol. The Morgan fingerprint density at radius 3 is 3.00 bits per heavy atom. The van der Waals surface area contributed by atoms with Gasteiger partial charge in [0.25, 0.3) is 0 Å². The summed E-state index contributed by atoms with van der Waals surface area (Å²) >= 11 is 0. The molecule has 0 saturated heterocycles. The molecule has 0 unspecified atom stereocenters. The van der Waals surface area contributed by atoms with E-state index in [2.05, 4.69) is 23.5 Å². The van der Waals surface area contributed by atoms with Gasteiger partial charge in [0.2, 0.25) is 5.91 Å². The highest BCUT2D eigenvalue weighted by atomic mass is 16.3. The molecule has 3 nitrogen and oxygen atoms in total. The van der Waals surface area contributed by atoms with Crippen molar-refractivity contribution in [2.24, 2.45) is 0 Å². The van der Waals surface area contributed by atoms with Gasteiger partial charge in [-0.1, -0.05) is 23.8 Å². The van der Waals surface area contributed by atoms with Gasteiger partial charge in [-0.2, -0.15) is 0 Å². The van der Waals surface area contributed by atoms with E-state index in [4.69, 9.17) is 5.11 Å². The van der Waals surface area contributed by atoms with E-state index in [1.807, 2.05) is 13.0 Å². The van der Waals surface area contributed by atoms with Crippen LogP contribution in [0.15, 0.2) is 23.8 Å². The molecule has 0 bridgehead atoms. The third-order valence-corrected chi connectivity index (χ3v) is 2.98. The van der Waals surface area contributed by atoms with E-state index in [1.54, 1.807) is 0 Å². The number of carbonyl (C=O) groups excluding carboxylic acids is 1. The van der Waals surface area contributed by atoms with Crippen molar-refractivity contribution in [1.29, 1.82) is 0 Å². The number of aliphatic hydroxyl groups excluding tert-OH is 1. The third kappa shape index (κ3) is 2.74. The topological polar surface area (TPSA) is 49.3 Å². The number of benzene rings is 1. The molecule has 1 aliphatic carbocycles. The van der Waals surface area contributed by atoms with Gasteiger partial charge in [-0.05, 0) is 37.0 Å². The molecule has 0 fully saturated rings. The zero-order chi connectivity index (χ0) is 12.3. The number of rotatable bonds is 3. The molecule has 2 rings (SSSR count). The minimum Gasteiger partial charge on any atom is -0.395 e. The van der Waals surface area contributed by atoms with E-state index >= 15 is 0 Å². The number of hydrogen-bond donors (Lipinski definition) is 2. The quantitative estimate of drug-likeness (QED) is 0.827. The van der Waals surface area contributed by atoms with Gasteiger partial charge in [0.15, 0.2) is 0 Å². The molecule has 2 N–H and O–H groups in total. The van der Waals surface area contributed by atoms with Crippen molar-refractivity contribution in [1.82, 2.24) is 5.32 Å². The fraction of sp³-hybridized carbons (Fsp3) is 0.357. The lowest BCUT2D eigenvalue weighted by atomic mass is 9.91. The summed E-state index contributed by atoms with van der Waals surface area (Å²) in [5.74, 6) is -0.0637. The van der Waals surface area contributed by atoms with Crippen LogP contribution >= 0.6 is 0 Å². The lowest BCUT2D eigenvalue weighted by molar-refractivity contribution is -0.117. The molecule has 1 amide bonds. The Kier molecular flexibility index (Phi) is 3.59. The van der Waals surface area contributed by atoms with Crippen molar-refractivity contribution in [3.05, 3.63) is 40.5 Å². The smallest absolute Gasteiger partial charge is 0.247 e. The zero-order valence-electron chi connectivity index (χ0n) is 9.99. The van der Waals surface area contributed by atoms with Crippen molar-refractivity contribution in [2.75, 3.05) is 13.2 Å². The SMILES string of the molecule is Cc1ccc2c(c1)C=C(C(=O)NCCO)CC2. The summed E-state index contributed by atoms with van der Waals surface area (Å²) in [6, 6.07) is 6.33. The second-order valence-electron chi connectivity index (χ2n) is 4.35. The number of aryl methyl sites for hydroxylation is 2. The molecular weight excluding hydrogens is 214 g/mol. The number of aliphatic hydroxyl groups is 1. The first-order valence-electron chi connectivity index (χ1n) is 5.90. The summed E-state index contributed by atoms with van der Waals surface area (Å²) in [5.41, 5.74) is 4.45. The van der Waals surface area contributed by atoms with Crippen LogP contribution in [0.3, 0.4) is 0 Å². The second-order valence-corrected chi connectivity index (χ2v) is 4.35. The van der Waals surface area contributed by atoms with Crippen LogP contribution in [0.25, 0.3) is 6.08 Å². The average Bonchev–Trinajstić information content (AvgIpc) is 2.35. The minimum atomic E-state index is -0.0637. The predicted octanol–water partition coefficient (Wildman–Crippen LogP) is 1.43. The molecule has 0 spiro atoms. The fourth-order valence-corrected chi connectivity index (χ4v) is 2.07. The van der Waals surface area contributed by atoms with E-state index < -0.39 is 0 Å². The normalized spacial score (nSPS) is 13.9. The van der Waals surface area contributed by atoms with Gasteiger partial charge in [-0.15, -0.1) is 0 Å². The Bertz CT molecular complexity index is 463. The Morgan fingerprint density at radius 2 is 2.24 bits per heavy atom. The van der Waals surface area contributed by atoms with E-state index in [0.29, 0.717) is 6.54 Å². The van der Waals surface area contributed by atoms with Crippen molar-refractivity contribution >= 4 is 12.0 Å². The summed E-state index contributed by atoms with van der Waals surface area (Å²) in [6.45, 7) is 2.35. The van der Waals surface area contributed by atoms with Gasteiger partial charge < -0.3 is 10.4 Å².